The number of hydrogen-bond donors (Lipinski definition) is 2. The second-order valence-corrected chi connectivity index (χ2v) is 6.07. The van der Waals surface area contributed by atoms with E-state index in [0.29, 0.717) is 18.2 Å². The summed E-state index contributed by atoms with van der Waals surface area (Å²) in [6, 6.07) is 9.34. The molecule has 1 aromatic heterocycles. The zero-order valence-corrected chi connectivity index (χ0v) is 16.6. The topological polar surface area (TPSA) is 39.7 Å². The molecule has 2 N–H and O–H groups in total. The van der Waals surface area contributed by atoms with Crippen LogP contribution in [0, 0.1) is 5.82 Å². The quantitative estimate of drug-likeness (QED) is 0.419. The van der Waals surface area contributed by atoms with Crippen LogP contribution in [0.1, 0.15) is 10.4 Å². The van der Waals surface area contributed by atoms with Crippen molar-refractivity contribution in [2.24, 2.45) is 4.99 Å². The molecule has 1 heterocycles. The summed E-state index contributed by atoms with van der Waals surface area (Å²) in [4.78, 5) is 7.17. The highest BCUT2D eigenvalue weighted by Gasteiger charge is 2.06. The van der Waals surface area contributed by atoms with Gasteiger partial charge in [-0.05, 0) is 29.1 Å². The highest BCUT2D eigenvalue weighted by molar-refractivity contribution is 14.0. The van der Waals surface area contributed by atoms with E-state index in [2.05, 4.69) is 21.7 Å². The van der Waals surface area contributed by atoms with Crippen molar-refractivity contribution >= 4 is 47.0 Å². The number of hydrogen-bond acceptors (Lipinski definition) is 3. The molecule has 0 aliphatic heterocycles. The molecule has 0 fully saturated rings. The summed E-state index contributed by atoms with van der Waals surface area (Å²) < 4.78 is 13.9. The fourth-order valence-electron chi connectivity index (χ4n) is 2.01. The molecule has 2 aromatic rings. The summed E-state index contributed by atoms with van der Waals surface area (Å²) >= 11 is 1.70. The number of guanidine groups is 1. The van der Waals surface area contributed by atoms with E-state index in [4.69, 9.17) is 0 Å². The third kappa shape index (κ3) is 5.98. The SMILES string of the molecule is CN=C(NCc1ccc(N(C)C)c(F)c1)NCc1cccs1.I. The summed E-state index contributed by atoms with van der Waals surface area (Å²) in [5.41, 5.74) is 1.46. The van der Waals surface area contributed by atoms with Gasteiger partial charge >= 0.3 is 0 Å². The summed E-state index contributed by atoms with van der Waals surface area (Å²) in [6.07, 6.45) is 0. The molecule has 0 radical (unpaired) electrons. The van der Waals surface area contributed by atoms with Crippen LogP contribution in [0.25, 0.3) is 0 Å². The molecule has 1 aromatic carbocycles. The minimum Gasteiger partial charge on any atom is -0.375 e. The predicted molar refractivity (Wildman–Crippen MR) is 107 cm³/mol. The zero-order chi connectivity index (χ0) is 15.9. The summed E-state index contributed by atoms with van der Waals surface area (Å²) in [7, 11) is 5.37. The number of aliphatic imine (C=N–C) groups is 1. The van der Waals surface area contributed by atoms with Crippen LogP contribution in [0.15, 0.2) is 40.7 Å². The number of nitrogens with zero attached hydrogens (tertiary/aromatic N) is 2. The van der Waals surface area contributed by atoms with E-state index in [9.17, 15) is 4.39 Å². The van der Waals surface area contributed by atoms with Crippen LogP contribution in [-0.4, -0.2) is 27.1 Å². The number of benzene rings is 1. The molecule has 126 valence electrons. The smallest absolute Gasteiger partial charge is 0.191 e. The fourth-order valence-corrected chi connectivity index (χ4v) is 2.66. The van der Waals surface area contributed by atoms with Gasteiger partial charge in [0.1, 0.15) is 5.82 Å². The number of nitrogens with one attached hydrogen (secondary N) is 2. The van der Waals surface area contributed by atoms with Crippen LogP contribution in [0.4, 0.5) is 10.1 Å². The Hall–Kier alpha value is -1.35. The van der Waals surface area contributed by atoms with E-state index < -0.39 is 0 Å². The van der Waals surface area contributed by atoms with Gasteiger partial charge in [-0.25, -0.2) is 4.39 Å². The molecule has 0 amide bonds. The van der Waals surface area contributed by atoms with Gasteiger partial charge in [0.05, 0.1) is 12.2 Å². The highest BCUT2D eigenvalue weighted by atomic mass is 127. The third-order valence-corrected chi connectivity index (χ3v) is 4.06. The van der Waals surface area contributed by atoms with E-state index >= 15 is 0 Å². The molecule has 0 bridgehead atoms. The molecule has 4 nitrogen and oxygen atoms in total. The van der Waals surface area contributed by atoms with Gasteiger partial charge in [0.25, 0.3) is 0 Å². The predicted octanol–water partition coefficient (Wildman–Crippen LogP) is 3.44. The summed E-state index contributed by atoms with van der Waals surface area (Å²) in [6.45, 7) is 1.25. The van der Waals surface area contributed by atoms with Crippen LogP contribution in [-0.2, 0) is 13.1 Å². The molecule has 0 saturated heterocycles. The average molecular weight is 448 g/mol. The van der Waals surface area contributed by atoms with Crippen LogP contribution in [0.2, 0.25) is 0 Å². The van der Waals surface area contributed by atoms with Gasteiger partial charge in [-0.1, -0.05) is 12.1 Å². The lowest BCUT2D eigenvalue weighted by molar-refractivity contribution is 0.623. The molecular formula is C16H22FIN4S. The first-order valence-electron chi connectivity index (χ1n) is 7.03. The maximum atomic E-state index is 13.9. The maximum Gasteiger partial charge on any atom is 0.191 e. The van der Waals surface area contributed by atoms with Crippen LogP contribution in [0.5, 0.6) is 0 Å². The Morgan fingerprint density at radius 2 is 1.96 bits per heavy atom. The van der Waals surface area contributed by atoms with Gasteiger partial charge in [-0.15, -0.1) is 35.3 Å². The standard InChI is InChI=1S/C16H21FN4S.HI/c1-18-16(20-11-13-5-4-8-22-13)19-10-12-6-7-15(21(2)3)14(17)9-12;/h4-9H,10-11H2,1-3H3,(H2,18,19,20);1H. The zero-order valence-electron chi connectivity index (χ0n) is 13.5. The first kappa shape index (κ1) is 19.7. The molecule has 0 aliphatic carbocycles. The van der Waals surface area contributed by atoms with Crippen molar-refractivity contribution in [1.29, 1.82) is 0 Å². The van der Waals surface area contributed by atoms with E-state index in [0.717, 1.165) is 12.1 Å². The molecule has 0 spiro atoms. The normalized spacial score (nSPS) is 10.9. The van der Waals surface area contributed by atoms with E-state index in [1.807, 2.05) is 31.6 Å². The molecule has 0 atom stereocenters. The molecule has 0 aliphatic rings. The second-order valence-electron chi connectivity index (χ2n) is 5.04. The Balaban J connectivity index is 0.00000264. The first-order chi connectivity index (χ1) is 10.6. The van der Waals surface area contributed by atoms with Gasteiger partial charge in [-0.2, -0.15) is 0 Å². The highest BCUT2D eigenvalue weighted by Crippen LogP contribution is 2.18. The van der Waals surface area contributed by atoms with Crippen LogP contribution in [0.3, 0.4) is 0 Å². The second kappa shape index (κ2) is 9.71. The molecule has 0 saturated carbocycles. The third-order valence-electron chi connectivity index (χ3n) is 3.19. The summed E-state index contributed by atoms with van der Waals surface area (Å²) in [5.74, 6) is 0.483. The number of halogens is 2. The van der Waals surface area contributed by atoms with Crippen LogP contribution >= 0.6 is 35.3 Å². The van der Waals surface area contributed by atoms with Crippen molar-refractivity contribution in [1.82, 2.24) is 10.6 Å². The first-order valence-corrected chi connectivity index (χ1v) is 7.90. The van der Waals surface area contributed by atoms with Crippen molar-refractivity contribution in [3.8, 4) is 0 Å². The van der Waals surface area contributed by atoms with Gasteiger partial charge in [0, 0.05) is 32.6 Å². The molecule has 2 rings (SSSR count). The van der Waals surface area contributed by atoms with E-state index in [-0.39, 0.29) is 29.8 Å². The van der Waals surface area contributed by atoms with Crippen molar-refractivity contribution in [3.63, 3.8) is 0 Å². The minimum atomic E-state index is -0.217. The van der Waals surface area contributed by atoms with Gasteiger partial charge in [-0.3, -0.25) is 4.99 Å². The van der Waals surface area contributed by atoms with Crippen molar-refractivity contribution < 1.29 is 4.39 Å². The van der Waals surface area contributed by atoms with Gasteiger partial charge < -0.3 is 15.5 Å². The Morgan fingerprint density at radius 1 is 1.22 bits per heavy atom. The van der Waals surface area contributed by atoms with Crippen molar-refractivity contribution in [2.45, 2.75) is 13.1 Å². The lowest BCUT2D eigenvalue weighted by Crippen LogP contribution is -2.36. The Bertz CT molecular complexity index is 629. The average Bonchev–Trinajstić information content (AvgIpc) is 3.00. The van der Waals surface area contributed by atoms with Crippen molar-refractivity contribution in [2.75, 3.05) is 26.0 Å². The van der Waals surface area contributed by atoms with E-state index in [1.54, 1.807) is 35.4 Å². The lowest BCUT2D eigenvalue weighted by atomic mass is 10.2. The van der Waals surface area contributed by atoms with Crippen LogP contribution < -0.4 is 15.5 Å². The van der Waals surface area contributed by atoms with E-state index in [1.165, 1.54) is 4.88 Å². The molecule has 0 unspecified atom stereocenters. The van der Waals surface area contributed by atoms with Crippen molar-refractivity contribution in [3.05, 3.63) is 52.0 Å². The number of anilines is 1. The Kier molecular flexibility index (Phi) is 8.32. The Labute approximate surface area is 157 Å². The molecular weight excluding hydrogens is 426 g/mol. The Morgan fingerprint density at radius 3 is 2.52 bits per heavy atom. The number of rotatable bonds is 5. The van der Waals surface area contributed by atoms with Gasteiger partial charge in [0.15, 0.2) is 5.96 Å². The van der Waals surface area contributed by atoms with Gasteiger partial charge in [0.2, 0.25) is 0 Å². The number of thiophene rings is 1. The monoisotopic (exact) mass is 448 g/mol. The largest absolute Gasteiger partial charge is 0.375 e. The summed E-state index contributed by atoms with van der Waals surface area (Å²) in [5, 5.41) is 8.46. The lowest BCUT2D eigenvalue weighted by Gasteiger charge is -2.15. The molecule has 23 heavy (non-hydrogen) atoms. The fraction of sp³-hybridized carbons (Fsp3) is 0.312. The molecule has 7 heteroatoms. The minimum absolute atomic E-state index is 0. The maximum absolute atomic E-state index is 13.9.